The highest BCUT2D eigenvalue weighted by molar-refractivity contribution is 6.08. The zero-order valence-electron chi connectivity index (χ0n) is 17.1. The molecule has 1 aromatic heterocycles. The topological polar surface area (TPSA) is 117 Å². The molecule has 2 aliphatic rings. The molecule has 0 bridgehead atoms. The van der Waals surface area contributed by atoms with Gasteiger partial charge in [-0.25, -0.2) is 4.79 Å². The summed E-state index contributed by atoms with van der Waals surface area (Å²) in [5.41, 5.74) is 3.46. The number of rotatable bonds is 5. The molecule has 30 heavy (non-hydrogen) atoms. The van der Waals surface area contributed by atoms with Crippen LogP contribution in [0, 0.1) is 12.8 Å². The summed E-state index contributed by atoms with van der Waals surface area (Å²) < 4.78 is 5.61. The minimum Gasteiger partial charge on any atom is -0.421 e. The quantitative estimate of drug-likeness (QED) is 0.730. The van der Waals surface area contributed by atoms with E-state index < -0.39 is 17.5 Å². The highest BCUT2D eigenvalue weighted by atomic mass is 16.4. The molecule has 9 heteroatoms. The molecule has 0 unspecified atom stereocenters. The molecule has 2 fully saturated rings. The molecule has 4 rings (SSSR count). The van der Waals surface area contributed by atoms with Gasteiger partial charge in [0.15, 0.2) is 0 Å². The van der Waals surface area contributed by atoms with Crippen LogP contribution in [0.15, 0.2) is 28.7 Å². The molecular formula is C21H25N5O4. The number of amides is 4. The molecule has 9 nitrogen and oxygen atoms in total. The molecule has 0 radical (unpaired) electrons. The Bertz CT molecular complexity index is 960. The predicted molar refractivity (Wildman–Crippen MR) is 107 cm³/mol. The number of hydrazine groups is 1. The maximum Gasteiger partial charge on any atom is 0.344 e. The smallest absolute Gasteiger partial charge is 0.344 e. The summed E-state index contributed by atoms with van der Waals surface area (Å²) in [7, 11) is 0. The number of carbonyl (C=O) groups is 3. The number of nitrogens with zero attached hydrogens (tertiary/aromatic N) is 3. The van der Waals surface area contributed by atoms with E-state index in [2.05, 4.69) is 27.9 Å². The lowest BCUT2D eigenvalue weighted by atomic mass is 9.77. The van der Waals surface area contributed by atoms with Crippen molar-refractivity contribution in [2.45, 2.75) is 57.9 Å². The van der Waals surface area contributed by atoms with Gasteiger partial charge in [0, 0.05) is 18.4 Å². The van der Waals surface area contributed by atoms with Gasteiger partial charge in [-0.3, -0.25) is 15.0 Å². The Balaban J connectivity index is 1.32. The largest absolute Gasteiger partial charge is 0.421 e. The van der Waals surface area contributed by atoms with Crippen LogP contribution in [0.5, 0.6) is 0 Å². The standard InChI is InChI=1S/C21H25N5O4/c1-13-3-5-15(6-4-13)18-24-23-17(30-18)8-7-16(27)25-26-19(28)21(22-20(26)29)11-9-14(2)10-12-21/h3-6,14H,7-12H2,1-2H3,(H,22,29)(H,25,27). The van der Waals surface area contributed by atoms with E-state index in [1.54, 1.807) is 0 Å². The number of aryl methyl sites for hydroxylation is 2. The van der Waals surface area contributed by atoms with Crippen LogP contribution in [-0.2, 0) is 16.0 Å². The minimum atomic E-state index is -0.883. The molecule has 2 heterocycles. The van der Waals surface area contributed by atoms with Crippen LogP contribution in [0.2, 0.25) is 0 Å². The van der Waals surface area contributed by atoms with Crippen molar-refractivity contribution in [3.63, 3.8) is 0 Å². The number of aromatic nitrogens is 2. The molecule has 158 valence electrons. The van der Waals surface area contributed by atoms with Gasteiger partial charge in [0.1, 0.15) is 5.54 Å². The Kier molecular flexibility index (Phi) is 5.27. The van der Waals surface area contributed by atoms with Gasteiger partial charge in [0.25, 0.3) is 5.91 Å². The maximum atomic E-state index is 12.8. The first-order valence-corrected chi connectivity index (χ1v) is 10.2. The number of hydrogen-bond donors (Lipinski definition) is 2. The van der Waals surface area contributed by atoms with Gasteiger partial charge in [-0.15, -0.1) is 10.2 Å². The fourth-order valence-corrected chi connectivity index (χ4v) is 3.88. The molecule has 1 saturated heterocycles. The Morgan fingerprint density at radius 2 is 1.93 bits per heavy atom. The van der Waals surface area contributed by atoms with Gasteiger partial charge in [-0.05, 0) is 50.7 Å². The molecule has 2 N–H and O–H groups in total. The van der Waals surface area contributed by atoms with E-state index in [0.29, 0.717) is 30.5 Å². The second-order valence-electron chi connectivity index (χ2n) is 8.24. The number of imide groups is 1. The third-order valence-corrected chi connectivity index (χ3v) is 5.86. The first-order chi connectivity index (χ1) is 14.4. The number of benzene rings is 1. The SMILES string of the molecule is Cc1ccc(-c2nnc(CCC(=O)NN3C(=O)NC4(CCC(C)CC4)C3=O)o2)cc1. The monoisotopic (exact) mass is 411 g/mol. The van der Waals surface area contributed by atoms with Gasteiger partial charge in [0.2, 0.25) is 17.7 Å². The summed E-state index contributed by atoms with van der Waals surface area (Å²) >= 11 is 0. The zero-order valence-corrected chi connectivity index (χ0v) is 17.1. The Labute approximate surface area is 174 Å². The number of nitrogens with one attached hydrogen (secondary N) is 2. The van der Waals surface area contributed by atoms with Crippen molar-refractivity contribution in [3.8, 4) is 11.5 Å². The van der Waals surface area contributed by atoms with Gasteiger partial charge in [0.05, 0.1) is 0 Å². The van der Waals surface area contributed by atoms with E-state index in [1.165, 1.54) is 0 Å². The van der Waals surface area contributed by atoms with E-state index >= 15 is 0 Å². The lowest BCUT2D eigenvalue weighted by Crippen LogP contribution is -2.51. The summed E-state index contributed by atoms with van der Waals surface area (Å²) in [6.07, 6.45) is 3.14. The third-order valence-electron chi connectivity index (χ3n) is 5.86. The number of carbonyl (C=O) groups excluding carboxylic acids is 3. The molecule has 1 aliphatic carbocycles. The van der Waals surface area contributed by atoms with Crippen molar-refractivity contribution in [3.05, 3.63) is 35.7 Å². The van der Waals surface area contributed by atoms with Gasteiger partial charge in [-0.1, -0.05) is 24.6 Å². The van der Waals surface area contributed by atoms with Crippen molar-refractivity contribution in [1.29, 1.82) is 0 Å². The molecule has 0 atom stereocenters. The number of urea groups is 1. The van der Waals surface area contributed by atoms with E-state index in [-0.39, 0.29) is 18.7 Å². The minimum absolute atomic E-state index is 0.0105. The second-order valence-corrected chi connectivity index (χ2v) is 8.24. The third kappa shape index (κ3) is 3.92. The molecule has 2 aromatic rings. The fraction of sp³-hybridized carbons (Fsp3) is 0.476. The van der Waals surface area contributed by atoms with Crippen LogP contribution in [-0.4, -0.2) is 38.6 Å². The second kappa shape index (κ2) is 7.89. The van der Waals surface area contributed by atoms with E-state index in [1.807, 2.05) is 31.2 Å². The Morgan fingerprint density at radius 1 is 1.23 bits per heavy atom. The van der Waals surface area contributed by atoms with Gasteiger partial charge in [-0.2, -0.15) is 5.01 Å². The predicted octanol–water partition coefficient (Wildman–Crippen LogP) is 2.51. The van der Waals surface area contributed by atoms with Crippen molar-refractivity contribution in [2.75, 3.05) is 0 Å². The Morgan fingerprint density at radius 3 is 2.63 bits per heavy atom. The van der Waals surface area contributed by atoms with Crippen LogP contribution in [0.1, 0.15) is 50.5 Å². The van der Waals surface area contributed by atoms with Crippen LogP contribution in [0.25, 0.3) is 11.5 Å². The first-order valence-electron chi connectivity index (χ1n) is 10.2. The average Bonchev–Trinajstić information content (AvgIpc) is 3.29. The molecule has 1 spiro atoms. The molecule has 1 aliphatic heterocycles. The van der Waals surface area contributed by atoms with Crippen molar-refractivity contribution in [1.82, 2.24) is 25.9 Å². The van der Waals surface area contributed by atoms with Crippen LogP contribution < -0.4 is 10.7 Å². The summed E-state index contributed by atoms with van der Waals surface area (Å²) in [4.78, 5) is 37.4. The first kappa shape index (κ1) is 20.1. The van der Waals surface area contributed by atoms with E-state index in [0.717, 1.165) is 29.0 Å². The van der Waals surface area contributed by atoms with Gasteiger partial charge < -0.3 is 9.73 Å². The average molecular weight is 411 g/mol. The fourth-order valence-electron chi connectivity index (χ4n) is 3.88. The summed E-state index contributed by atoms with van der Waals surface area (Å²) in [6, 6.07) is 7.09. The lowest BCUT2D eigenvalue weighted by Gasteiger charge is -2.33. The van der Waals surface area contributed by atoms with E-state index in [9.17, 15) is 14.4 Å². The highest BCUT2D eigenvalue weighted by Crippen LogP contribution is 2.35. The van der Waals surface area contributed by atoms with Crippen LogP contribution >= 0.6 is 0 Å². The summed E-state index contributed by atoms with van der Waals surface area (Å²) in [6.45, 7) is 4.12. The van der Waals surface area contributed by atoms with Crippen molar-refractivity contribution < 1.29 is 18.8 Å². The van der Waals surface area contributed by atoms with Crippen LogP contribution in [0.3, 0.4) is 0 Å². The number of hydrogen-bond acceptors (Lipinski definition) is 6. The van der Waals surface area contributed by atoms with E-state index in [4.69, 9.17) is 4.42 Å². The lowest BCUT2D eigenvalue weighted by molar-refractivity contribution is -0.140. The van der Waals surface area contributed by atoms with Crippen molar-refractivity contribution >= 4 is 17.8 Å². The normalized spacial score (nSPS) is 23.7. The van der Waals surface area contributed by atoms with Gasteiger partial charge >= 0.3 is 6.03 Å². The highest BCUT2D eigenvalue weighted by Gasteiger charge is 2.52. The Hall–Kier alpha value is -3.23. The molecule has 4 amide bonds. The molecule has 1 saturated carbocycles. The van der Waals surface area contributed by atoms with Crippen LogP contribution in [0.4, 0.5) is 4.79 Å². The summed E-state index contributed by atoms with van der Waals surface area (Å²) in [5.74, 6) is 0.383. The molecular weight excluding hydrogens is 386 g/mol. The van der Waals surface area contributed by atoms with Crippen molar-refractivity contribution in [2.24, 2.45) is 5.92 Å². The maximum absolute atomic E-state index is 12.8. The summed E-state index contributed by atoms with van der Waals surface area (Å²) in [5, 5.41) is 11.6. The molecule has 1 aromatic carbocycles. The zero-order chi connectivity index (χ0) is 21.3.